The average molecular weight is 297 g/mol. The van der Waals surface area contributed by atoms with Crippen molar-refractivity contribution in [1.29, 1.82) is 0 Å². The molecule has 0 amide bonds. The molecule has 1 nitrogen and oxygen atoms in total. The summed E-state index contributed by atoms with van der Waals surface area (Å²) < 4.78 is 6.52. The molecule has 0 bridgehead atoms. The average Bonchev–Trinajstić information content (AvgIpc) is 2.79. The molecule has 0 spiro atoms. The molecule has 0 aliphatic rings. The van der Waals surface area contributed by atoms with E-state index in [0.717, 1.165) is 21.0 Å². The van der Waals surface area contributed by atoms with Crippen LogP contribution in [0.1, 0.15) is 0 Å². The molecule has 0 fully saturated rings. The smallest absolute Gasteiger partial charge is 0.170 e. The Morgan fingerprint density at radius 2 is 1.50 bits per heavy atom. The number of hydrogen-bond donors (Lipinski definition) is 0. The number of rotatable bonds is 0. The Morgan fingerprint density at radius 3 is 2.44 bits per heavy atom. The normalized spacial score (nSPS) is 11.6. The van der Waals surface area contributed by atoms with E-state index in [1.807, 2.05) is 6.07 Å². The summed E-state index contributed by atoms with van der Waals surface area (Å²) in [5, 5.41) is 6.06. The van der Waals surface area contributed by atoms with Crippen LogP contribution in [-0.4, -0.2) is 0 Å². The lowest BCUT2D eigenvalue weighted by Crippen LogP contribution is -1.77. The number of halogens is 1. The topological polar surface area (TPSA) is 13.1 Å². The maximum atomic E-state index is 5.75. The summed E-state index contributed by atoms with van der Waals surface area (Å²) in [6.45, 7) is 0. The highest BCUT2D eigenvalue weighted by Gasteiger charge is 2.08. The van der Waals surface area contributed by atoms with Crippen LogP contribution in [0.15, 0.2) is 63.7 Å². The van der Waals surface area contributed by atoms with Crippen molar-refractivity contribution in [2.24, 2.45) is 0 Å². The van der Waals surface area contributed by atoms with E-state index in [0.29, 0.717) is 0 Å². The van der Waals surface area contributed by atoms with Crippen molar-refractivity contribution in [2.75, 3.05) is 0 Å². The summed E-state index contributed by atoms with van der Waals surface area (Å²) in [7, 11) is 0. The first-order chi connectivity index (χ1) is 8.83. The van der Waals surface area contributed by atoms with Crippen LogP contribution in [0, 0.1) is 0 Å². The zero-order valence-corrected chi connectivity index (χ0v) is 11.1. The van der Waals surface area contributed by atoms with Gasteiger partial charge in [-0.2, -0.15) is 0 Å². The lowest BCUT2D eigenvalue weighted by Gasteiger charge is -2.03. The van der Waals surface area contributed by atoms with Gasteiger partial charge in [-0.05, 0) is 44.2 Å². The molecule has 0 unspecified atom stereocenters. The Labute approximate surface area is 112 Å². The van der Waals surface area contributed by atoms with E-state index in [-0.39, 0.29) is 0 Å². The molecule has 0 saturated carbocycles. The third kappa shape index (κ3) is 1.33. The van der Waals surface area contributed by atoms with Crippen LogP contribution in [-0.2, 0) is 0 Å². The molecule has 0 atom stereocenters. The van der Waals surface area contributed by atoms with Gasteiger partial charge in [0.1, 0.15) is 5.58 Å². The third-order valence-electron chi connectivity index (χ3n) is 3.38. The lowest BCUT2D eigenvalue weighted by molar-refractivity contribution is 0.590. The van der Waals surface area contributed by atoms with Gasteiger partial charge in [0.05, 0.1) is 0 Å². The van der Waals surface area contributed by atoms with Gasteiger partial charge in [-0.15, -0.1) is 0 Å². The predicted octanol–water partition coefficient (Wildman–Crippen LogP) is 5.50. The minimum Gasteiger partial charge on any atom is -0.449 e. The molecule has 0 radical (unpaired) electrons. The third-order valence-corrected chi connectivity index (χ3v) is 3.77. The zero-order valence-electron chi connectivity index (χ0n) is 9.48. The molecular weight excluding hydrogens is 288 g/mol. The molecular formula is C16H9BrO. The van der Waals surface area contributed by atoms with Gasteiger partial charge in [0, 0.05) is 10.8 Å². The molecule has 0 N–H and O–H groups in total. The van der Waals surface area contributed by atoms with Crippen LogP contribution < -0.4 is 0 Å². The first-order valence-corrected chi connectivity index (χ1v) is 6.62. The Bertz CT molecular complexity index is 889. The minimum atomic E-state index is 0.776. The van der Waals surface area contributed by atoms with Crippen LogP contribution >= 0.6 is 15.9 Å². The first-order valence-electron chi connectivity index (χ1n) is 5.82. The van der Waals surface area contributed by atoms with Crippen molar-refractivity contribution < 1.29 is 4.42 Å². The van der Waals surface area contributed by atoms with Crippen molar-refractivity contribution in [3.05, 3.63) is 59.3 Å². The van der Waals surface area contributed by atoms with Crippen molar-refractivity contribution in [1.82, 2.24) is 0 Å². The van der Waals surface area contributed by atoms with E-state index >= 15 is 0 Å². The molecule has 0 saturated heterocycles. The molecule has 4 aromatic rings. The maximum absolute atomic E-state index is 5.75. The number of benzene rings is 3. The standard InChI is InChI=1S/C16H9BrO/c17-15-9-11-6-7-13-12-4-2-1-3-10(12)5-8-14(13)16(11)18-15/h1-9H. The molecule has 0 aliphatic carbocycles. The van der Waals surface area contributed by atoms with Crippen molar-refractivity contribution in [3.63, 3.8) is 0 Å². The molecule has 0 aliphatic heterocycles. The number of hydrogen-bond acceptors (Lipinski definition) is 1. The zero-order chi connectivity index (χ0) is 12.1. The second-order valence-electron chi connectivity index (χ2n) is 4.42. The lowest BCUT2D eigenvalue weighted by atomic mass is 10.0. The van der Waals surface area contributed by atoms with Crippen molar-refractivity contribution >= 4 is 48.4 Å². The van der Waals surface area contributed by atoms with Crippen LogP contribution in [0.2, 0.25) is 0 Å². The molecule has 3 aromatic carbocycles. The van der Waals surface area contributed by atoms with E-state index < -0.39 is 0 Å². The van der Waals surface area contributed by atoms with Gasteiger partial charge in [0.15, 0.2) is 4.67 Å². The molecule has 86 valence electrons. The van der Waals surface area contributed by atoms with Crippen LogP contribution in [0.5, 0.6) is 0 Å². The molecule has 18 heavy (non-hydrogen) atoms. The van der Waals surface area contributed by atoms with Gasteiger partial charge in [-0.1, -0.05) is 42.5 Å². The van der Waals surface area contributed by atoms with Crippen LogP contribution in [0.4, 0.5) is 0 Å². The fourth-order valence-electron chi connectivity index (χ4n) is 2.55. The first kappa shape index (κ1) is 10.2. The number of furan rings is 1. The van der Waals surface area contributed by atoms with E-state index in [9.17, 15) is 0 Å². The molecule has 1 heterocycles. The highest BCUT2D eigenvalue weighted by Crippen LogP contribution is 2.33. The molecule has 2 heteroatoms. The monoisotopic (exact) mass is 296 g/mol. The summed E-state index contributed by atoms with van der Waals surface area (Å²) in [5.74, 6) is 0. The predicted molar refractivity (Wildman–Crippen MR) is 78.9 cm³/mol. The van der Waals surface area contributed by atoms with Gasteiger partial charge in [-0.3, -0.25) is 0 Å². The van der Waals surface area contributed by atoms with Gasteiger partial charge >= 0.3 is 0 Å². The Morgan fingerprint density at radius 1 is 0.722 bits per heavy atom. The Hall–Kier alpha value is -1.80. The Kier molecular flexibility index (Phi) is 2.03. The fraction of sp³-hybridized carbons (Fsp3) is 0. The van der Waals surface area contributed by atoms with Gasteiger partial charge in [0.2, 0.25) is 0 Å². The molecule has 1 aromatic heterocycles. The highest BCUT2D eigenvalue weighted by molar-refractivity contribution is 9.10. The fourth-order valence-corrected chi connectivity index (χ4v) is 2.96. The second kappa shape index (κ2) is 3.59. The Balaban J connectivity index is 2.30. The van der Waals surface area contributed by atoms with Crippen molar-refractivity contribution in [3.8, 4) is 0 Å². The van der Waals surface area contributed by atoms with E-state index in [1.54, 1.807) is 0 Å². The van der Waals surface area contributed by atoms with E-state index in [2.05, 4.69) is 64.5 Å². The summed E-state index contributed by atoms with van der Waals surface area (Å²) in [4.78, 5) is 0. The summed E-state index contributed by atoms with van der Waals surface area (Å²) >= 11 is 3.39. The van der Waals surface area contributed by atoms with Gasteiger partial charge < -0.3 is 4.42 Å². The summed E-state index contributed by atoms with van der Waals surface area (Å²) in [6, 6.07) is 19.0. The van der Waals surface area contributed by atoms with E-state index in [4.69, 9.17) is 4.42 Å². The SMILES string of the molecule is Brc1cc2ccc3c4ccccc4ccc3c2o1. The maximum Gasteiger partial charge on any atom is 0.170 e. The van der Waals surface area contributed by atoms with Gasteiger partial charge in [-0.25, -0.2) is 0 Å². The molecule has 4 rings (SSSR count). The van der Waals surface area contributed by atoms with E-state index in [1.165, 1.54) is 16.2 Å². The highest BCUT2D eigenvalue weighted by atomic mass is 79.9. The van der Waals surface area contributed by atoms with Crippen molar-refractivity contribution in [2.45, 2.75) is 0 Å². The second-order valence-corrected chi connectivity index (χ2v) is 5.20. The summed E-state index contributed by atoms with van der Waals surface area (Å²) in [6.07, 6.45) is 0. The van der Waals surface area contributed by atoms with Crippen LogP contribution in [0.3, 0.4) is 0 Å². The van der Waals surface area contributed by atoms with Gasteiger partial charge in [0.25, 0.3) is 0 Å². The summed E-state index contributed by atoms with van der Waals surface area (Å²) in [5.41, 5.74) is 0.949. The largest absolute Gasteiger partial charge is 0.449 e. The minimum absolute atomic E-state index is 0.776. The number of fused-ring (bicyclic) bond motifs is 5. The quantitative estimate of drug-likeness (QED) is 0.390. The van der Waals surface area contributed by atoms with Crippen LogP contribution in [0.25, 0.3) is 32.5 Å².